The lowest BCUT2D eigenvalue weighted by atomic mass is 10.2. The van der Waals surface area contributed by atoms with Crippen LogP contribution in [0.1, 0.15) is 6.42 Å². The van der Waals surface area contributed by atoms with Gasteiger partial charge in [-0.1, -0.05) is 0 Å². The molecule has 0 heterocycles. The van der Waals surface area contributed by atoms with Crippen molar-refractivity contribution >= 4 is 23.8 Å². The number of carboxylic acids is 1. The van der Waals surface area contributed by atoms with Crippen molar-refractivity contribution in [3.05, 3.63) is 0 Å². The van der Waals surface area contributed by atoms with Gasteiger partial charge in [0.1, 0.15) is 12.6 Å². The molecule has 10 nitrogen and oxygen atoms in total. The normalized spacial score (nSPS) is 11.3. The molecule has 0 aliphatic heterocycles. The maximum Gasteiger partial charge on any atom is 0.326 e. The first-order valence-corrected chi connectivity index (χ1v) is 6.06. The van der Waals surface area contributed by atoms with E-state index in [9.17, 15) is 19.2 Å². The van der Waals surface area contributed by atoms with Crippen molar-refractivity contribution in [3.63, 3.8) is 0 Å². The topological polar surface area (TPSA) is 151 Å². The van der Waals surface area contributed by atoms with E-state index in [0.29, 0.717) is 13.2 Å². The molecule has 10 heteroatoms. The van der Waals surface area contributed by atoms with E-state index in [2.05, 4.69) is 10.6 Å². The Balaban J connectivity index is 4.32. The number of ether oxygens (including phenoxy) is 1. The van der Waals surface area contributed by atoms with Crippen molar-refractivity contribution in [2.24, 2.45) is 5.73 Å². The van der Waals surface area contributed by atoms with Gasteiger partial charge in [-0.25, -0.2) is 9.59 Å². The lowest BCUT2D eigenvalue weighted by Gasteiger charge is -2.20. The number of carbonyl (C=O) groups excluding carboxylic acids is 3. The maximum absolute atomic E-state index is 11.7. The van der Waals surface area contributed by atoms with Gasteiger partial charge in [-0.2, -0.15) is 0 Å². The average Bonchev–Trinajstić information content (AvgIpc) is 2.37. The summed E-state index contributed by atoms with van der Waals surface area (Å²) in [5, 5.41) is 13.4. The van der Waals surface area contributed by atoms with Crippen LogP contribution in [0.5, 0.6) is 0 Å². The van der Waals surface area contributed by atoms with Gasteiger partial charge in [0, 0.05) is 20.7 Å². The Hall–Kier alpha value is -2.36. The van der Waals surface area contributed by atoms with Crippen LogP contribution in [0.4, 0.5) is 4.79 Å². The highest BCUT2D eigenvalue weighted by molar-refractivity contribution is 5.89. The average molecular weight is 304 g/mol. The Bertz CT molecular complexity index is 400. The van der Waals surface area contributed by atoms with Crippen molar-refractivity contribution in [3.8, 4) is 0 Å². The molecule has 0 unspecified atom stereocenters. The van der Waals surface area contributed by atoms with Crippen LogP contribution < -0.4 is 16.4 Å². The molecule has 4 amide bonds. The van der Waals surface area contributed by atoms with Crippen molar-refractivity contribution in [1.82, 2.24) is 15.5 Å². The molecule has 0 aromatic carbocycles. The van der Waals surface area contributed by atoms with Crippen LogP contribution >= 0.6 is 0 Å². The number of carbonyl (C=O) groups is 4. The molecule has 0 fully saturated rings. The number of nitrogens with one attached hydrogen (secondary N) is 2. The third-order valence-corrected chi connectivity index (χ3v) is 2.36. The molecule has 0 aliphatic carbocycles. The molecule has 21 heavy (non-hydrogen) atoms. The molecule has 0 aromatic rings. The summed E-state index contributed by atoms with van der Waals surface area (Å²) >= 11 is 0. The van der Waals surface area contributed by atoms with E-state index < -0.39 is 36.3 Å². The van der Waals surface area contributed by atoms with Gasteiger partial charge in [-0.15, -0.1) is 0 Å². The summed E-state index contributed by atoms with van der Waals surface area (Å²) in [4.78, 5) is 45.7. The molecule has 1 atom stereocenters. The van der Waals surface area contributed by atoms with E-state index in [1.165, 1.54) is 14.2 Å². The molecule has 0 saturated carbocycles. The van der Waals surface area contributed by atoms with Gasteiger partial charge in [0.25, 0.3) is 0 Å². The quantitative estimate of drug-likeness (QED) is 0.352. The summed E-state index contributed by atoms with van der Waals surface area (Å²) in [5.74, 6) is -2.67. The van der Waals surface area contributed by atoms with Crippen molar-refractivity contribution < 1.29 is 29.0 Å². The highest BCUT2D eigenvalue weighted by atomic mass is 16.5. The minimum absolute atomic E-state index is 0.265. The van der Waals surface area contributed by atoms with Gasteiger partial charge in [0.2, 0.25) is 11.8 Å². The highest BCUT2D eigenvalue weighted by Crippen LogP contribution is 1.94. The molecule has 0 bridgehead atoms. The summed E-state index contributed by atoms with van der Waals surface area (Å²) in [7, 11) is 2.80. The molecule has 0 rings (SSSR count). The van der Waals surface area contributed by atoms with Crippen LogP contribution in [0.25, 0.3) is 0 Å². The number of rotatable bonds is 9. The van der Waals surface area contributed by atoms with Crippen molar-refractivity contribution in [2.75, 3.05) is 33.9 Å². The predicted molar refractivity (Wildman–Crippen MR) is 71.3 cm³/mol. The van der Waals surface area contributed by atoms with E-state index in [-0.39, 0.29) is 6.54 Å². The van der Waals surface area contributed by atoms with Crippen LogP contribution in [-0.4, -0.2) is 73.7 Å². The molecule has 5 N–H and O–H groups in total. The van der Waals surface area contributed by atoms with Crippen LogP contribution in [0.2, 0.25) is 0 Å². The molecule has 0 aromatic heterocycles. The Morgan fingerprint density at radius 1 is 1.33 bits per heavy atom. The van der Waals surface area contributed by atoms with E-state index in [0.717, 1.165) is 4.90 Å². The number of nitrogens with zero attached hydrogens (tertiary/aromatic N) is 1. The van der Waals surface area contributed by atoms with Crippen LogP contribution in [0.3, 0.4) is 0 Å². The standard InChI is InChI=1S/C11H20N4O6/c1-15(6-9(17)13-3-4-21-2)11(20)14-7(10(18)19)5-8(12)16/h7H,3-6H2,1-2H3,(H2,12,16)(H,13,17)(H,14,20)(H,18,19)/t7-/m1/s1. The summed E-state index contributed by atoms with van der Waals surface area (Å²) in [6.07, 6.45) is -0.533. The number of carboxylic acid groups (broad SMARTS) is 1. The summed E-state index contributed by atoms with van der Waals surface area (Å²) in [5.41, 5.74) is 4.89. The molecular weight excluding hydrogens is 284 g/mol. The van der Waals surface area contributed by atoms with Gasteiger partial charge < -0.3 is 31.1 Å². The second kappa shape index (κ2) is 9.53. The van der Waals surface area contributed by atoms with E-state index in [4.69, 9.17) is 15.6 Å². The van der Waals surface area contributed by atoms with Gasteiger partial charge in [-0.05, 0) is 0 Å². The van der Waals surface area contributed by atoms with Gasteiger partial charge in [0.15, 0.2) is 0 Å². The first kappa shape index (κ1) is 18.6. The second-order valence-electron chi connectivity index (χ2n) is 4.21. The minimum atomic E-state index is -1.44. The van der Waals surface area contributed by atoms with Crippen LogP contribution in [0.15, 0.2) is 0 Å². The summed E-state index contributed by atoms with van der Waals surface area (Å²) in [6.45, 7) is 0.365. The number of nitrogens with two attached hydrogens (primary N) is 1. The van der Waals surface area contributed by atoms with Gasteiger partial charge >= 0.3 is 12.0 Å². The number of primary amides is 1. The SMILES string of the molecule is COCCNC(=O)CN(C)C(=O)N[C@H](CC(N)=O)C(=O)O. The molecule has 120 valence electrons. The Kier molecular flexibility index (Phi) is 8.46. The fourth-order valence-electron chi connectivity index (χ4n) is 1.30. The molecule has 0 spiro atoms. The number of hydrogen-bond donors (Lipinski definition) is 4. The first-order valence-electron chi connectivity index (χ1n) is 6.06. The zero-order valence-corrected chi connectivity index (χ0v) is 11.9. The molecule has 0 radical (unpaired) electrons. The van der Waals surface area contributed by atoms with Crippen molar-refractivity contribution in [1.29, 1.82) is 0 Å². The monoisotopic (exact) mass is 304 g/mol. The minimum Gasteiger partial charge on any atom is -0.480 e. The second-order valence-corrected chi connectivity index (χ2v) is 4.21. The smallest absolute Gasteiger partial charge is 0.326 e. The maximum atomic E-state index is 11.7. The summed E-state index contributed by atoms with van der Waals surface area (Å²) < 4.78 is 4.74. The number of aliphatic carboxylic acids is 1. The fraction of sp³-hybridized carbons (Fsp3) is 0.636. The van der Waals surface area contributed by atoms with E-state index in [1.807, 2.05) is 0 Å². The Labute approximate surface area is 121 Å². The molecular formula is C11H20N4O6. The van der Waals surface area contributed by atoms with Gasteiger partial charge in [0.05, 0.1) is 13.0 Å². The lowest BCUT2D eigenvalue weighted by molar-refractivity contribution is -0.140. The van der Waals surface area contributed by atoms with Crippen LogP contribution in [0, 0.1) is 0 Å². The fourth-order valence-corrected chi connectivity index (χ4v) is 1.30. The molecule has 0 aliphatic rings. The lowest BCUT2D eigenvalue weighted by Crippen LogP contribution is -2.50. The Morgan fingerprint density at radius 2 is 1.95 bits per heavy atom. The van der Waals surface area contributed by atoms with E-state index in [1.54, 1.807) is 0 Å². The highest BCUT2D eigenvalue weighted by Gasteiger charge is 2.24. The predicted octanol–water partition coefficient (Wildman–Crippen LogP) is -2.28. The van der Waals surface area contributed by atoms with E-state index >= 15 is 0 Å². The van der Waals surface area contributed by atoms with Crippen LogP contribution in [-0.2, 0) is 19.1 Å². The number of methoxy groups -OCH3 is 1. The van der Waals surface area contributed by atoms with Gasteiger partial charge in [-0.3, -0.25) is 9.59 Å². The first-order chi connectivity index (χ1) is 9.77. The summed E-state index contributed by atoms with van der Waals surface area (Å²) in [6, 6.07) is -2.24. The third kappa shape index (κ3) is 8.42. The number of urea groups is 1. The number of likely N-dealkylation sites (N-methyl/N-ethyl adjacent to an activating group) is 1. The third-order valence-electron chi connectivity index (χ3n) is 2.36. The largest absolute Gasteiger partial charge is 0.480 e. The Morgan fingerprint density at radius 3 is 2.43 bits per heavy atom. The molecule has 0 saturated heterocycles. The zero-order chi connectivity index (χ0) is 16.4. The number of amides is 4. The number of hydrogen-bond acceptors (Lipinski definition) is 5. The van der Waals surface area contributed by atoms with Crippen molar-refractivity contribution in [2.45, 2.75) is 12.5 Å². The zero-order valence-electron chi connectivity index (χ0n) is 11.9.